The Kier molecular flexibility index (Phi) is 2.88. The molecule has 0 atom stereocenters. The molecule has 0 aliphatic heterocycles. The predicted octanol–water partition coefficient (Wildman–Crippen LogP) is 4.62. The third-order valence-electron chi connectivity index (χ3n) is 2.98. The zero-order chi connectivity index (χ0) is 13.2. The van der Waals surface area contributed by atoms with Crippen LogP contribution < -0.4 is 0 Å². The molecule has 19 heavy (non-hydrogen) atoms. The lowest BCUT2D eigenvalue weighted by molar-refractivity contribution is 0.627. The number of aromatic nitrogens is 1. The Morgan fingerprint density at radius 3 is 2.58 bits per heavy atom. The second-order valence-corrected chi connectivity index (χ2v) is 4.32. The van der Waals surface area contributed by atoms with E-state index in [1.54, 1.807) is 18.3 Å². The lowest BCUT2D eigenvalue weighted by Crippen LogP contribution is -1.76. The average molecular weight is 255 g/mol. The monoisotopic (exact) mass is 255 g/mol. The van der Waals surface area contributed by atoms with E-state index in [0.717, 1.165) is 22.0 Å². The van der Waals surface area contributed by atoms with Gasteiger partial charge in [-0.25, -0.2) is 8.78 Å². The smallest absolute Gasteiger partial charge is 0.125 e. The molecule has 2 aromatic carbocycles. The van der Waals surface area contributed by atoms with Crippen molar-refractivity contribution in [3.8, 4) is 0 Å². The molecule has 0 aliphatic rings. The van der Waals surface area contributed by atoms with E-state index in [9.17, 15) is 8.78 Å². The van der Waals surface area contributed by atoms with Crippen molar-refractivity contribution in [2.24, 2.45) is 0 Å². The molecule has 0 saturated heterocycles. The number of hydrogen-bond acceptors (Lipinski definition) is 0. The van der Waals surface area contributed by atoms with Crippen LogP contribution in [0.25, 0.3) is 23.1 Å². The summed E-state index contributed by atoms with van der Waals surface area (Å²) in [5.74, 6) is -0.529. The molecule has 0 aliphatic carbocycles. The Morgan fingerprint density at radius 1 is 0.895 bits per heavy atom. The van der Waals surface area contributed by atoms with E-state index < -0.39 is 0 Å². The van der Waals surface area contributed by atoms with Crippen LogP contribution in [0.5, 0.6) is 0 Å². The Morgan fingerprint density at radius 2 is 1.74 bits per heavy atom. The summed E-state index contributed by atoms with van der Waals surface area (Å²) in [4.78, 5) is 3.01. The highest BCUT2D eigenvalue weighted by molar-refractivity contribution is 5.91. The number of benzene rings is 2. The third kappa shape index (κ3) is 2.40. The zero-order valence-electron chi connectivity index (χ0n) is 10.0. The second kappa shape index (κ2) is 4.69. The summed E-state index contributed by atoms with van der Waals surface area (Å²) in [6.45, 7) is 0. The molecule has 0 amide bonds. The maximum absolute atomic E-state index is 13.1. The quantitative estimate of drug-likeness (QED) is 0.688. The molecule has 0 unspecified atom stereocenters. The van der Waals surface area contributed by atoms with E-state index in [-0.39, 0.29) is 11.6 Å². The topological polar surface area (TPSA) is 15.8 Å². The first-order valence-electron chi connectivity index (χ1n) is 5.93. The van der Waals surface area contributed by atoms with Crippen LogP contribution in [0.3, 0.4) is 0 Å². The fraction of sp³-hybridized carbons (Fsp3) is 0. The van der Waals surface area contributed by atoms with Gasteiger partial charge in [0.2, 0.25) is 0 Å². The number of hydrogen-bond donors (Lipinski definition) is 1. The van der Waals surface area contributed by atoms with Gasteiger partial charge in [-0.05, 0) is 41.5 Å². The fourth-order valence-electron chi connectivity index (χ4n) is 2.06. The fourth-order valence-corrected chi connectivity index (χ4v) is 2.06. The van der Waals surface area contributed by atoms with Crippen LogP contribution in [0.15, 0.2) is 48.7 Å². The van der Waals surface area contributed by atoms with Gasteiger partial charge in [0.05, 0.1) is 0 Å². The minimum atomic E-state index is -0.269. The summed E-state index contributed by atoms with van der Waals surface area (Å²) in [5, 5.41) is 0.939. The molecule has 1 heterocycles. The summed E-state index contributed by atoms with van der Waals surface area (Å²) in [7, 11) is 0. The van der Waals surface area contributed by atoms with Crippen molar-refractivity contribution in [3.63, 3.8) is 0 Å². The molecule has 1 N–H and O–H groups in total. The number of nitrogens with one attached hydrogen (secondary N) is 1. The van der Waals surface area contributed by atoms with Crippen LogP contribution in [0.1, 0.15) is 11.1 Å². The van der Waals surface area contributed by atoms with Gasteiger partial charge in [-0.1, -0.05) is 24.3 Å². The first-order valence-corrected chi connectivity index (χ1v) is 5.93. The second-order valence-electron chi connectivity index (χ2n) is 4.32. The van der Waals surface area contributed by atoms with Crippen molar-refractivity contribution >= 4 is 23.1 Å². The molecule has 3 rings (SSSR count). The van der Waals surface area contributed by atoms with E-state index in [1.165, 1.54) is 24.3 Å². The normalized spacial score (nSPS) is 11.5. The summed E-state index contributed by atoms with van der Waals surface area (Å²) in [6.07, 6.45) is 5.51. The van der Waals surface area contributed by atoms with Crippen molar-refractivity contribution in [2.45, 2.75) is 0 Å². The summed E-state index contributed by atoms with van der Waals surface area (Å²) in [5.41, 5.74) is 2.48. The van der Waals surface area contributed by atoms with Crippen molar-refractivity contribution in [1.82, 2.24) is 4.98 Å². The molecule has 1 nitrogen and oxygen atoms in total. The largest absolute Gasteiger partial charge is 0.360 e. The van der Waals surface area contributed by atoms with E-state index in [1.807, 2.05) is 18.2 Å². The zero-order valence-corrected chi connectivity index (χ0v) is 10.0. The van der Waals surface area contributed by atoms with E-state index in [0.29, 0.717) is 0 Å². The molecule has 0 bridgehead atoms. The highest BCUT2D eigenvalue weighted by Crippen LogP contribution is 2.21. The maximum Gasteiger partial charge on any atom is 0.125 e. The van der Waals surface area contributed by atoms with Crippen molar-refractivity contribution < 1.29 is 8.78 Å². The molecule has 94 valence electrons. The van der Waals surface area contributed by atoms with Gasteiger partial charge in [0.1, 0.15) is 11.6 Å². The molecule has 1 aromatic heterocycles. The van der Waals surface area contributed by atoms with Gasteiger partial charge >= 0.3 is 0 Å². The molecular weight excluding hydrogens is 244 g/mol. The molecule has 0 spiro atoms. The minimum absolute atomic E-state index is 0.261. The highest BCUT2D eigenvalue weighted by Gasteiger charge is 2.01. The Hall–Kier alpha value is -2.42. The molecular formula is C16H11F2N. The molecule has 3 aromatic rings. The van der Waals surface area contributed by atoms with Crippen LogP contribution in [0, 0.1) is 11.6 Å². The van der Waals surface area contributed by atoms with Gasteiger partial charge < -0.3 is 4.98 Å². The first kappa shape index (κ1) is 11.7. The lowest BCUT2D eigenvalue weighted by Gasteiger charge is -1.94. The Labute approximate surface area is 109 Å². The van der Waals surface area contributed by atoms with Gasteiger partial charge in [0.15, 0.2) is 0 Å². The SMILES string of the molecule is Fc1cccc(/C=C/c2c[nH]c3cc(F)ccc23)c1. The van der Waals surface area contributed by atoms with Crippen LogP contribution in [-0.4, -0.2) is 4.98 Å². The predicted molar refractivity (Wildman–Crippen MR) is 73.6 cm³/mol. The molecule has 3 heteroatoms. The number of H-pyrrole nitrogens is 1. The van der Waals surface area contributed by atoms with Gasteiger partial charge in [-0.15, -0.1) is 0 Å². The van der Waals surface area contributed by atoms with Crippen molar-refractivity contribution in [1.29, 1.82) is 0 Å². The lowest BCUT2D eigenvalue weighted by atomic mass is 10.1. The maximum atomic E-state index is 13.1. The Balaban J connectivity index is 1.97. The average Bonchev–Trinajstić information content (AvgIpc) is 2.78. The van der Waals surface area contributed by atoms with E-state index in [2.05, 4.69) is 4.98 Å². The summed E-state index contributed by atoms with van der Waals surface area (Å²) in [6, 6.07) is 11.0. The van der Waals surface area contributed by atoms with Crippen LogP contribution >= 0.6 is 0 Å². The van der Waals surface area contributed by atoms with Gasteiger partial charge in [0.25, 0.3) is 0 Å². The number of halogens is 2. The van der Waals surface area contributed by atoms with Crippen LogP contribution in [0.2, 0.25) is 0 Å². The molecule has 0 saturated carbocycles. The van der Waals surface area contributed by atoms with E-state index >= 15 is 0 Å². The van der Waals surface area contributed by atoms with Crippen molar-refractivity contribution in [3.05, 3.63) is 71.4 Å². The molecule has 0 radical (unpaired) electrons. The van der Waals surface area contributed by atoms with Gasteiger partial charge in [-0.2, -0.15) is 0 Å². The first-order chi connectivity index (χ1) is 9.22. The van der Waals surface area contributed by atoms with Crippen LogP contribution in [0.4, 0.5) is 8.78 Å². The summed E-state index contributed by atoms with van der Waals surface area (Å²) >= 11 is 0. The highest BCUT2D eigenvalue weighted by atomic mass is 19.1. The number of fused-ring (bicyclic) bond motifs is 1. The standard InChI is InChI=1S/C16H11F2N/c17-13-3-1-2-11(8-13)4-5-12-10-19-16-9-14(18)6-7-15(12)16/h1-10,19H/b5-4+. The molecule has 0 fully saturated rings. The number of aromatic amines is 1. The summed E-state index contributed by atoms with van der Waals surface area (Å²) < 4.78 is 26.1. The van der Waals surface area contributed by atoms with Crippen LogP contribution in [-0.2, 0) is 0 Å². The van der Waals surface area contributed by atoms with Crippen molar-refractivity contribution in [2.75, 3.05) is 0 Å². The van der Waals surface area contributed by atoms with Gasteiger partial charge in [-0.3, -0.25) is 0 Å². The third-order valence-corrected chi connectivity index (χ3v) is 2.98. The van der Waals surface area contributed by atoms with E-state index in [4.69, 9.17) is 0 Å². The Bertz CT molecular complexity index is 756. The van der Waals surface area contributed by atoms with Gasteiger partial charge in [0, 0.05) is 17.1 Å². The minimum Gasteiger partial charge on any atom is -0.360 e. The number of rotatable bonds is 2.